The summed E-state index contributed by atoms with van der Waals surface area (Å²) < 4.78 is 20.6. The number of aliphatic hydroxyl groups excluding tert-OH is 1. The quantitative estimate of drug-likeness (QED) is 0.404. The van der Waals surface area contributed by atoms with Crippen LogP contribution in [-0.2, 0) is 22.7 Å². The third-order valence-corrected chi connectivity index (χ3v) is 8.66. The second kappa shape index (κ2) is 11.9. The number of nitriles is 1. The van der Waals surface area contributed by atoms with Crippen LogP contribution in [0.15, 0.2) is 60.7 Å². The average Bonchev–Trinajstić information content (AvgIpc) is 3.36. The molecule has 3 heterocycles. The molecule has 43 heavy (non-hydrogen) atoms. The summed E-state index contributed by atoms with van der Waals surface area (Å²) in [6, 6.07) is 18.6. The van der Waals surface area contributed by atoms with Crippen LogP contribution in [0.2, 0.25) is 0 Å². The first-order valence-corrected chi connectivity index (χ1v) is 14.4. The highest BCUT2D eigenvalue weighted by molar-refractivity contribution is 6.05. The van der Waals surface area contributed by atoms with Gasteiger partial charge in [0.25, 0.3) is 5.91 Å². The van der Waals surface area contributed by atoms with E-state index >= 15 is 0 Å². The second-order valence-corrected chi connectivity index (χ2v) is 11.3. The van der Waals surface area contributed by atoms with E-state index in [9.17, 15) is 23.9 Å². The Morgan fingerprint density at radius 3 is 2.51 bits per heavy atom. The number of ether oxygens (including phenoxy) is 1. The second-order valence-electron chi connectivity index (χ2n) is 11.3. The Morgan fingerprint density at radius 2 is 1.81 bits per heavy atom. The fraction of sp³-hybridized carbons (Fsp3) is 0.333. The van der Waals surface area contributed by atoms with Crippen molar-refractivity contribution in [3.8, 4) is 11.8 Å². The topological polar surface area (TPSA) is 123 Å². The van der Waals surface area contributed by atoms with Crippen molar-refractivity contribution in [3.63, 3.8) is 0 Å². The van der Waals surface area contributed by atoms with E-state index in [-0.39, 0.29) is 37.3 Å². The number of rotatable bonds is 7. The monoisotopic (exact) mass is 582 g/mol. The molecule has 3 amide bonds. The van der Waals surface area contributed by atoms with Gasteiger partial charge in [-0.15, -0.1) is 0 Å². The van der Waals surface area contributed by atoms with Gasteiger partial charge in [-0.05, 0) is 66.6 Å². The number of halogens is 1. The number of hydrogen-bond donors (Lipinski definition) is 2. The molecule has 3 aliphatic rings. The molecule has 0 aliphatic carbocycles. The van der Waals surface area contributed by atoms with Crippen molar-refractivity contribution >= 4 is 23.4 Å². The zero-order chi connectivity index (χ0) is 30.1. The number of hydrogen-bond acceptors (Lipinski definition) is 7. The van der Waals surface area contributed by atoms with E-state index in [1.807, 2.05) is 35.2 Å². The van der Waals surface area contributed by atoms with Gasteiger partial charge in [0.15, 0.2) is 0 Å². The Labute approximate surface area is 248 Å². The molecule has 3 aliphatic heterocycles. The van der Waals surface area contributed by atoms with Gasteiger partial charge >= 0.3 is 0 Å². The Balaban J connectivity index is 1.05. The SMILES string of the molecule is N#Cc1ccc(N2CCC([C@H](O)c3ccc(COc4cccc5c4CN([C@H]4CCC(=O)NC4=O)C5=O)cc3)CC2)c(F)c1. The minimum Gasteiger partial charge on any atom is -0.489 e. The van der Waals surface area contributed by atoms with Crippen molar-refractivity contribution in [3.05, 3.63) is 94.3 Å². The Kier molecular flexibility index (Phi) is 7.82. The molecular formula is C33H31FN4O5. The number of anilines is 1. The summed E-state index contributed by atoms with van der Waals surface area (Å²) in [5, 5.41) is 22.4. The molecule has 2 fully saturated rings. The van der Waals surface area contributed by atoms with Crippen molar-refractivity contribution in [1.29, 1.82) is 5.26 Å². The molecule has 10 heteroatoms. The van der Waals surface area contributed by atoms with Crippen LogP contribution in [0, 0.1) is 23.1 Å². The maximum absolute atomic E-state index is 14.5. The highest BCUT2D eigenvalue weighted by atomic mass is 19.1. The predicted molar refractivity (Wildman–Crippen MR) is 154 cm³/mol. The number of fused-ring (bicyclic) bond motifs is 1. The molecule has 6 rings (SSSR count). The van der Waals surface area contributed by atoms with Crippen molar-refractivity contribution in [1.82, 2.24) is 10.2 Å². The number of nitrogens with zero attached hydrogens (tertiary/aromatic N) is 3. The third-order valence-electron chi connectivity index (χ3n) is 8.66. The van der Waals surface area contributed by atoms with Crippen molar-refractivity contribution < 1.29 is 28.6 Å². The van der Waals surface area contributed by atoms with Crippen molar-refractivity contribution in [2.24, 2.45) is 5.92 Å². The van der Waals surface area contributed by atoms with Gasteiger partial charge < -0.3 is 19.6 Å². The van der Waals surface area contributed by atoms with Crippen LogP contribution in [-0.4, -0.2) is 46.9 Å². The molecular weight excluding hydrogens is 551 g/mol. The summed E-state index contributed by atoms with van der Waals surface area (Å²) >= 11 is 0. The summed E-state index contributed by atoms with van der Waals surface area (Å²) in [6.07, 6.45) is 1.26. The van der Waals surface area contributed by atoms with E-state index in [0.717, 1.165) is 16.7 Å². The fourth-order valence-electron chi connectivity index (χ4n) is 6.23. The lowest BCUT2D eigenvalue weighted by Crippen LogP contribution is -2.52. The van der Waals surface area contributed by atoms with Gasteiger partial charge in [-0.2, -0.15) is 5.26 Å². The van der Waals surface area contributed by atoms with Crippen LogP contribution < -0.4 is 15.0 Å². The number of carbonyl (C=O) groups is 3. The minimum absolute atomic E-state index is 0.0385. The minimum atomic E-state index is -0.686. The molecule has 3 aromatic carbocycles. The summed E-state index contributed by atoms with van der Waals surface area (Å²) in [5.41, 5.74) is 3.68. The van der Waals surface area contributed by atoms with E-state index in [1.54, 1.807) is 30.3 Å². The first-order valence-electron chi connectivity index (χ1n) is 14.4. The molecule has 0 radical (unpaired) electrons. The number of nitrogens with one attached hydrogen (secondary N) is 1. The van der Waals surface area contributed by atoms with Gasteiger partial charge in [-0.3, -0.25) is 19.7 Å². The van der Waals surface area contributed by atoms with Gasteiger partial charge in [0.05, 0.1) is 30.0 Å². The molecule has 0 spiro atoms. The first-order chi connectivity index (χ1) is 20.8. The summed E-state index contributed by atoms with van der Waals surface area (Å²) in [5.74, 6) is -0.829. The maximum Gasteiger partial charge on any atom is 0.255 e. The van der Waals surface area contributed by atoms with Gasteiger partial charge in [-0.25, -0.2) is 4.39 Å². The predicted octanol–water partition coefficient (Wildman–Crippen LogP) is 3.99. The van der Waals surface area contributed by atoms with E-state index in [1.165, 1.54) is 11.0 Å². The first kappa shape index (κ1) is 28.4. The van der Waals surface area contributed by atoms with Gasteiger partial charge in [-0.1, -0.05) is 30.3 Å². The number of carbonyl (C=O) groups excluding carboxylic acids is 3. The summed E-state index contributed by atoms with van der Waals surface area (Å²) in [6.45, 7) is 1.72. The fourth-order valence-corrected chi connectivity index (χ4v) is 6.23. The molecule has 9 nitrogen and oxygen atoms in total. The van der Waals surface area contributed by atoms with Gasteiger partial charge in [0.1, 0.15) is 24.2 Å². The Morgan fingerprint density at radius 1 is 1.05 bits per heavy atom. The number of piperidine rings is 2. The molecule has 220 valence electrons. The van der Waals surface area contributed by atoms with Crippen LogP contribution >= 0.6 is 0 Å². The molecule has 2 atom stereocenters. The van der Waals surface area contributed by atoms with E-state index in [4.69, 9.17) is 10.00 Å². The maximum atomic E-state index is 14.5. The molecule has 0 saturated carbocycles. The Hall–Kier alpha value is -4.75. The third kappa shape index (κ3) is 5.68. The molecule has 2 saturated heterocycles. The zero-order valence-corrected chi connectivity index (χ0v) is 23.5. The largest absolute Gasteiger partial charge is 0.489 e. The van der Waals surface area contributed by atoms with Crippen molar-refractivity contribution in [2.75, 3.05) is 18.0 Å². The number of imide groups is 1. The zero-order valence-electron chi connectivity index (χ0n) is 23.5. The summed E-state index contributed by atoms with van der Waals surface area (Å²) in [7, 11) is 0. The van der Waals surface area contributed by atoms with Gasteiger partial charge in [0.2, 0.25) is 11.8 Å². The number of benzene rings is 3. The van der Waals surface area contributed by atoms with Crippen LogP contribution in [0.3, 0.4) is 0 Å². The number of amides is 3. The van der Waals surface area contributed by atoms with E-state index in [0.29, 0.717) is 54.9 Å². The van der Waals surface area contributed by atoms with Crippen LogP contribution in [0.1, 0.15) is 64.4 Å². The smallest absolute Gasteiger partial charge is 0.255 e. The molecule has 0 aromatic heterocycles. The van der Waals surface area contributed by atoms with E-state index in [2.05, 4.69) is 5.32 Å². The molecule has 3 aromatic rings. The lowest BCUT2D eigenvalue weighted by molar-refractivity contribution is -0.136. The summed E-state index contributed by atoms with van der Waals surface area (Å²) in [4.78, 5) is 40.4. The van der Waals surface area contributed by atoms with Crippen LogP contribution in [0.5, 0.6) is 5.75 Å². The normalized spacial score (nSPS) is 19.6. The van der Waals surface area contributed by atoms with Crippen LogP contribution in [0.25, 0.3) is 0 Å². The lowest BCUT2D eigenvalue weighted by atomic mass is 9.87. The standard InChI is InChI=1S/C33H31FN4O5/c34-26-16-21(17-35)6-9-27(26)37-14-12-23(13-15-37)31(40)22-7-4-20(5-8-22)19-43-29-3-1-2-24-25(29)18-38(33(24)42)28-10-11-30(39)36-32(28)41/h1-9,16,23,28,31,40H,10-15,18-19H2,(H,36,39,41)/t28-,31+/m0/s1. The highest BCUT2D eigenvalue weighted by Crippen LogP contribution is 2.35. The van der Waals surface area contributed by atoms with Crippen molar-refractivity contribution in [2.45, 2.75) is 51.0 Å². The molecule has 0 bridgehead atoms. The number of aliphatic hydroxyl groups is 1. The molecule has 2 N–H and O–H groups in total. The average molecular weight is 583 g/mol. The lowest BCUT2D eigenvalue weighted by Gasteiger charge is -2.36. The van der Waals surface area contributed by atoms with E-state index < -0.39 is 23.9 Å². The Bertz CT molecular complexity index is 1610. The molecule has 0 unspecified atom stereocenters. The van der Waals surface area contributed by atoms with Crippen LogP contribution in [0.4, 0.5) is 10.1 Å². The van der Waals surface area contributed by atoms with Gasteiger partial charge in [0, 0.05) is 30.6 Å². The highest BCUT2D eigenvalue weighted by Gasteiger charge is 2.40.